The number of sulfonamides is 1. The number of hydrogen-bond donors (Lipinski definition) is 3. The number of phenols is 1. The normalized spacial score (nSPS) is 11.5. The quantitative estimate of drug-likeness (QED) is 0.391. The molecule has 0 saturated carbocycles. The Labute approximate surface area is 171 Å². The van der Waals surface area contributed by atoms with Crippen LogP contribution in [0.2, 0.25) is 5.02 Å². The molecule has 1 aromatic heterocycles. The SMILES string of the molecule is O=C(C=Cc1cccs1)Nc1cc(S(=O)(=O)Nc2ccccc2Cl)ccc1O. The van der Waals surface area contributed by atoms with Crippen LogP contribution < -0.4 is 10.0 Å². The van der Waals surface area contributed by atoms with Crippen molar-refractivity contribution < 1.29 is 18.3 Å². The predicted molar refractivity (Wildman–Crippen MR) is 112 cm³/mol. The van der Waals surface area contributed by atoms with Crippen molar-refractivity contribution in [2.24, 2.45) is 0 Å². The van der Waals surface area contributed by atoms with Crippen LogP contribution in [0, 0.1) is 0 Å². The van der Waals surface area contributed by atoms with E-state index in [1.165, 1.54) is 41.7 Å². The zero-order valence-corrected chi connectivity index (χ0v) is 16.7. The standard InChI is InChI=1S/C19H15ClN2O4S2/c20-15-5-1-2-6-16(15)22-28(25,26)14-8-9-18(23)17(12-14)21-19(24)10-7-13-4-3-11-27-13/h1-12,22-23H,(H,21,24). The van der Waals surface area contributed by atoms with Gasteiger partial charge in [0.1, 0.15) is 5.75 Å². The van der Waals surface area contributed by atoms with Crippen molar-refractivity contribution in [1.29, 1.82) is 0 Å². The van der Waals surface area contributed by atoms with E-state index in [2.05, 4.69) is 10.0 Å². The Morgan fingerprint density at radius 1 is 1.07 bits per heavy atom. The Kier molecular flexibility index (Phi) is 6.03. The molecule has 0 unspecified atom stereocenters. The Morgan fingerprint density at radius 3 is 2.57 bits per heavy atom. The van der Waals surface area contributed by atoms with Crippen LogP contribution in [-0.2, 0) is 14.8 Å². The zero-order valence-electron chi connectivity index (χ0n) is 14.3. The van der Waals surface area contributed by atoms with Crippen molar-refractivity contribution in [3.63, 3.8) is 0 Å². The number of nitrogens with one attached hydrogen (secondary N) is 2. The van der Waals surface area contributed by atoms with Gasteiger partial charge in [-0.3, -0.25) is 9.52 Å². The second-order valence-electron chi connectivity index (χ2n) is 5.60. The number of amides is 1. The average Bonchev–Trinajstić information content (AvgIpc) is 3.17. The third kappa shape index (κ3) is 4.92. The van der Waals surface area contributed by atoms with E-state index in [4.69, 9.17) is 11.6 Å². The van der Waals surface area contributed by atoms with E-state index in [0.717, 1.165) is 4.88 Å². The van der Waals surface area contributed by atoms with Gasteiger partial charge in [0.2, 0.25) is 5.91 Å². The molecule has 0 bridgehead atoms. The number of thiophene rings is 1. The summed E-state index contributed by atoms with van der Waals surface area (Å²) in [6.45, 7) is 0. The molecule has 9 heteroatoms. The summed E-state index contributed by atoms with van der Waals surface area (Å²) in [6.07, 6.45) is 2.92. The number of aromatic hydroxyl groups is 1. The summed E-state index contributed by atoms with van der Waals surface area (Å²) in [4.78, 5) is 12.8. The van der Waals surface area contributed by atoms with Gasteiger partial charge in [0, 0.05) is 11.0 Å². The summed E-state index contributed by atoms with van der Waals surface area (Å²) in [6, 6.07) is 13.7. The largest absolute Gasteiger partial charge is 0.506 e. The van der Waals surface area contributed by atoms with Crippen molar-refractivity contribution in [3.8, 4) is 5.75 Å². The molecule has 0 atom stereocenters. The fraction of sp³-hybridized carbons (Fsp3) is 0. The lowest BCUT2D eigenvalue weighted by Gasteiger charge is -2.12. The van der Waals surface area contributed by atoms with Crippen LogP contribution in [0.1, 0.15) is 4.88 Å². The lowest BCUT2D eigenvalue weighted by atomic mass is 10.3. The van der Waals surface area contributed by atoms with Gasteiger partial charge < -0.3 is 10.4 Å². The molecule has 2 aromatic carbocycles. The maximum atomic E-state index is 12.6. The first-order chi connectivity index (χ1) is 13.3. The molecule has 0 aliphatic rings. The molecule has 0 saturated heterocycles. The predicted octanol–water partition coefficient (Wildman–Crippen LogP) is 4.56. The highest BCUT2D eigenvalue weighted by Gasteiger charge is 2.18. The van der Waals surface area contributed by atoms with Gasteiger partial charge in [0.05, 0.1) is 21.3 Å². The van der Waals surface area contributed by atoms with Gasteiger partial charge in [-0.05, 0) is 47.9 Å². The first-order valence-corrected chi connectivity index (χ1v) is 10.7. The molecule has 1 heterocycles. The first kappa shape index (κ1) is 19.9. The fourth-order valence-electron chi connectivity index (χ4n) is 2.25. The molecular weight excluding hydrogens is 420 g/mol. The smallest absolute Gasteiger partial charge is 0.262 e. The Balaban J connectivity index is 1.80. The number of carbonyl (C=O) groups excluding carboxylic acids is 1. The van der Waals surface area contributed by atoms with E-state index in [0.29, 0.717) is 0 Å². The molecule has 28 heavy (non-hydrogen) atoms. The average molecular weight is 435 g/mol. The molecule has 0 radical (unpaired) electrons. The van der Waals surface area contributed by atoms with Gasteiger partial charge >= 0.3 is 0 Å². The Morgan fingerprint density at radius 2 is 1.86 bits per heavy atom. The summed E-state index contributed by atoms with van der Waals surface area (Å²) in [5.74, 6) is -0.758. The van der Waals surface area contributed by atoms with E-state index < -0.39 is 15.9 Å². The van der Waals surface area contributed by atoms with Crippen LogP contribution in [0.15, 0.2) is 70.9 Å². The Hall–Kier alpha value is -2.81. The Bertz CT molecular complexity index is 1130. The van der Waals surface area contributed by atoms with E-state index in [1.54, 1.807) is 24.3 Å². The van der Waals surface area contributed by atoms with Crippen LogP contribution in [0.4, 0.5) is 11.4 Å². The van der Waals surface area contributed by atoms with E-state index >= 15 is 0 Å². The minimum Gasteiger partial charge on any atom is -0.506 e. The van der Waals surface area contributed by atoms with Gasteiger partial charge in [0.25, 0.3) is 10.0 Å². The fourth-order valence-corrected chi connectivity index (χ4v) is 4.21. The van der Waals surface area contributed by atoms with Gasteiger partial charge in [0.15, 0.2) is 0 Å². The molecule has 3 aromatic rings. The van der Waals surface area contributed by atoms with Crippen molar-refractivity contribution in [2.45, 2.75) is 4.90 Å². The molecular formula is C19H15ClN2O4S2. The summed E-state index contributed by atoms with van der Waals surface area (Å²) in [7, 11) is -3.97. The van der Waals surface area contributed by atoms with Crippen molar-refractivity contribution in [2.75, 3.05) is 10.0 Å². The molecule has 0 fully saturated rings. The third-order valence-electron chi connectivity index (χ3n) is 3.60. The van der Waals surface area contributed by atoms with Crippen LogP contribution in [0.3, 0.4) is 0 Å². The molecule has 0 spiro atoms. The van der Waals surface area contributed by atoms with Crippen LogP contribution in [0.25, 0.3) is 6.08 Å². The number of halogens is 1. The summed E-state index contributed by atoms with van der Waals surface area (Å²) < 4.78 is 27.6. The molecule has 0 aliphatic carbocycles. The van der Waals surface area contributed by atoms with Gasteiger partial charge in [-0.2, -0.15) is 0 Å². The molecule has 3 N–H and O–H groups in total. The second-order valence-corrected chi connectivity index (χ2v) is 8.67. The summed E-state index contributed by atoms with van der Waals surface area (Å²) in [5, 5.41) is 14.6. The summed E-state index contributed by atoms with van der Waals surface area (Å²) >= 11 is 7.46. The lowest BCUT2D eigenvalue weighted by Crippen LogP contribution is -2.14. The van der Waals surface area contributed by atoms with Crippen molar-refractivity contribution in [3.05, 3.63) is 76.0 Å². The monoisotopic (exact) mass is 434 g/mol. The van der Waals surface area contributed by atoms with E-state index in [-0.39, 0.29) is 27.0 Å². The molecule has 6 nitrogen and oxygen atoms in total. The van der Waals surface area contributed by atoms with Crippen molar-refractivity contribution in [1.82, 2.24) is 0 Å². The van der Waals surface area contributed by atoms with Crippen LogP contribution >= 0.6 is 22.9 Å². The number of rotatable bonds is 6. The van der Waals surface area contributed by atoms with Gasteiger partial charge in [-0.15, -0.1) is 11.3 Å². The van der Waals surface area contributed by atoms with Gasteiger partial charge in [-0.25, -0.2) is 8.42 Å². The van der Waals surface area contributed by atoms with E-state index in [1.807, 2.05) is 17.5 Å². The lowest BCUT2D eigenvalue weighted by molar-refractivity contribution is -0.111. The number of hydrogen-bond acceptors (Lipinski definition) is 5. The highest BCUT2D eigenvalue weighted by Crippen LogP contribution is 2.29. The minimum absolute atomic E-state index is 0.0251. The topological polar surface area (TPSA) is 95.5 Å². The highest BCUT2D eigenvalue weighted by molar-refractivity contribution is 7.92. The number of para-hydroxylation sites is 1. The third-order valence-corrected chi connectivity index (χ3v) is 6.13. The second kappa shape index (κ2) is 8.47. The molecule has 0 aliphatic heterocycles. The molecule has 144 valence electrons. The number of carbonyl (C=O) groups is 1. The van der Waals surface area contributed by atoms with Crippen LogP contribution in [-0.4, -0.2) is 19.4 Å². The van der Waals surface area contributed by atoms with Crippen molar-refractivity contribution >= 4 is 56.3 Å². The number of benzene rings is 2. The molecule has 1 amide bonds. The first-order valence-electron chi connectivity index (χ1n) is 7.98. The number of phenolic OH excluding ortho intramolecular Hbond substituents is 1. The van der Waals surface area contributed by atoms with Crippen LogP contribution in [0.5, 0.6) is 5.75 Å². The van der Waals surface area contributed by atoms with Gasteiger partial charge in [-0.1, -0.05) is 29.8 Å². The van der Waals surface area contributed by atoms with E-state index in [9.17, 15) is 18.3 Å². The number of anilines is 2. The maximum Gasteiger partial charge on any atom is 0.262 e. The highest BCUT2D eigenvalue weighted by atomic mass is 35.5. The minimum atomic E-state index is -3.97. The zero-order chi connectivity index (χ0) is 20.1. The summed E-state index contributed by atoms with van der Waals surface area (Å²) in [5.41, 5.74) is 0.199. The molecule has 3 rings (SSSR count). The maximum absolute atomic E-state index is 12.6.